The number of rotatable bonds is 6. The lowest BCUT2D eigenvalue weighted by atomic mass is 10.1. The third kappa shape index (κ3) is 4.01. The third-order valence-corrected chi connectivity index (χ3v) is 4.17. The Morgan fingerprint density at radius 2 is 2.08 bits per heavy atom. The van der Waals surface area contributed by atoms with E-state index in [1.807, 2.05) is 42.2 Å². The molecule has 24 heavy (non-hydrogen) atoms. The van der Waals surface area contributed by atoms with Crippen molar-refractivity contribution in [1.82, 2.24) is 14.9 Å². The topological polar surface area (TPSA) is 67.3 Å². The Morgan fingerprint density at radius 1 is 1.29 bits per heavy atom. The maximum Gasteiger partial charge on any atom is 0.224 e. The highest BCUT2D eigenvalue weighted by atomic mass is 16.5. The molecule has 1 saturated heterocycles. The highest BCUT2D eigenvalue weighted by Crippen LogP contribution is 2.17. The molecule has 2 heterocycles. The van der Waals surface area contributed by atoms with Crippen molar-refractivity contribution in [3.8, 4) is 5.75 Å². The summed E-state index contributed by atoms with van der Waals surface area (Å²) in [6.07, 6.45) is 3.05. The van der Waals surface area contributed by atoms with Gasteiger partial charge in [0.15, 0.2) is 0 Å². The minimum atomic E-state index is 0.0650. The van der Waals surface area contributed by atoms with Gasteiger partial charge in [0.05, 0.1) is 13.2 Å². The molecule has 0 radical (unpaired) electrons. The molecule has 6 nitrogen and oxygen atoms in total. The largest absolute Gasteiger partial charge is 0.497 e. The van der Waals surface area contributed by atoms with Crippen molar-refractivity contribution in [2.45, 2.75) is 25.8 Å². The zero-order valence-corrected chi connectivity index (χ0v) is 14.0. The first-order chi connectivity index (χ1) is 11.6. The number of nitrogens with one attached hydrogen (secondary N) is 1. The molecular weight excluding hydrogens is 304 g/mol. The van der Waals surface area contributed by atoms with Crippen molar-refractivity contribution in [2.24, 2.45) is 0 Å². The standard InChI is InChI=1S/C18H22N4O2/c1-13-7-9-19-18(20-13)21-15-11-17(23)22(12-15)10-8-14-3-5-16(24-2)6-4-14/h3-7,9,15H,8,10-12H2,1-2H3,(H,19,20,21)/t15-/m1/s1. The van der Waals surface area contributed by atoms with E-state index in [2.05, 4.69) is 15.3 Å². The molecule has 1 N–H and O–H groups in total. The van der Waals surface area contributed by atoms with Gasteiger partial charge in [-0.15, -0.1) is 0 Å². The van der Waals surface area contributed by atoms with E-state index in [-0.39, 0.29) is 11.9 Å². The average Bonchev–Trinajstić information content (AvgIpc) is 2.93. The van der Waals surface area contributed by atoms with Crippen LogP contribution >= 0.6 is 0 Å². The Labute approximate surface area is 141 Å². The summed E-state index contributed by atoms with van der Waals surface area (Å²) in [6.45, 7) is 3.33. The molecule has 0 saturated carbocycles. The molecule has 1 aromatic heterocycles. The summed E-state index contributed by atoms with van der Waals surface area (Å²) in [4.78, 5) is 22.6. The van der Waals surface area contributed by atoms with Crippen molar-refractivity contribution in [1.29, 1.82) is 0 Å². The van der Waals surface area contributed by atoms with Crippen molar-refractivity contribution in [3.63, 3.8) is 0 Å². The molecule has 0 aliphatic carbocycles. The Morgan fingerprint density at radius 3 is 2.79 bits per heavy atom. The Balaban J connectivity index is 1.52. The molecule has 1 aliphatic rings. The number of hydrogen-bond donors (Lipinski definition) is 1. The second kappa shape index (κ2) is 7.29. The van der Waals surface area contributed by atoms with Gasteiger partial charge in [0.2, 0.25) is 11.9 Å². The first kappa shape index (κ1) is 16.2. The zero-order valence-electron chi connectivity index (χ0n) is 14.0. The van der Waals surface area contributed by atoms with Gasteiger partial charge in [-0.2, -0.15) is 0 Å². The van der Waals surface area contributed by atoms with E-state index >= 15 is 0 Å². The molecule has 0 bridgehead atoms. The van der Waals surface area contributed by atoms with E-state index in [4.69, 9.17) is 4.74 Å². The predicted molar refractivity (Wildman–Crippen MR) is 92.1 cm³/mol. The fourth-order valence-corrected chi connectivity index (χ4v) is 2.84. The first-order valence-electron chi connectivity index (χ1n) is 8.11. The number of benzene rings is 1. The SMILES string of the molecule is COc1ccc(CCN2C[C@H](Nc3nccc(C)n3)CC2=O)cc1. The van der Waals surface area contributed by atoms with Gasteiger partial charge in [0, 0.05) is 31.4 Å². The van der Waals surface area contributed by atoms with Crippen LogP contribution in [-0.2, 0) is 11.2 Å². The zero-order chi connectivity index (χ0) is 16.9. The summed E-state index contributed by atoms with van der Waals surface area (Å²) in [5.74, 6) is 1.61. The van der Waals surface area contributed by atoms with Gasteiger partial charge >= 0.3 is 0 Å². The molecule has 6 heteroatoms. The van der Waals surface area contributed by atoms with E-state index < -0.39 is 0 Å². The number of hydrogen-bond acceptors (Lipinski definition) is 5. The van der Waals surface area contributed by atoms with Crippen LogP contribution in [0.3, 0.4) is 0 Å². The van der Waals surface area contributed by atoms with Crippen LogP contribution in [0.15, 0.2) is 36.5 Å². The Hall–Kier alpha value is -2.63. The molecule has 2 aromatic rings. The van der Waals surface area contributed by atoms with Crippen LogP contribution in [-0.4, -0.2) is 47.0 Å². The second-order valence-electron chi connectivity index (χ2n) is 6.00. The number of amides is 1. The van der Waals surface area contributed by atoms with Crippen LogP contribution in [0.5, 0.6) is 5.75 Å². The normalized spacial score (nSPS) is 17.2. The van der Waals surface area contributed by atoms with Crippen LogP contribution in [0, 0.1) is 6.92 Å². The van der Waals surface area contributed by atoms with Gasteiger partial charge in [-0.3, -0.25) is 4.79 Å². The molecule has 1 atom stereocenters. The summed E-state index contributed by atoms with van der Waals surface area (Å²) in [6, 6.07) is 9.88. The van der Waals surface area contributed by atoms with Gasteiger partial charge in [0.25, 0.3) is 0 Å². The van der Waals surface area contributed by atoms with Gasteiger partial charge in [0.1, 0.15) is 5.75 Å². The minimum Gasteiger partial charge on any atom is -0.497 e. The summed E-state index contributed by atoms with van der Waals surface area (Å²) < 4.78 is 5.16. The number of aryl methyl sites for hydroxylation is 1. The maximum atomic E-state index is 12.2. The second-order valence-corrected chi connectivity index (χ2v) is 6.00. The molecule has 1 aliphatic heterocycles. The highest BCUT2D eigenvalue weighted by molar-refractivity contribution is 5.79. The molecule has 1 fully saturated rings. The molecular formula is C18H22N4O2. The van der Waals surface area contributed by atoms with E-state index in [9.17, 15) is 4.79 Å². The smallest absolute Gasteiger partial charge is 0.224 e. The molecule has 126 valence electrons. The third-order valence-electron chi connectivity index (χ3n) is 4.17. The van der Waals surface area contributed by atoms with Gasteiger partial charge in [-0.05, 0) is 37.1 Å². The Bertz CT molecular complexity index is 702. The Kier molecular flexibility index (Phi) is 4.93. The van der Waals surface area contributed by atoms with Crippen LogP contribution < -0.4 is 10.1 Å². The van der Waals surface area contributed by atoms with Gasteiger partial charge in [-0.25, -0.2) is 9.97 Å². The van der Waals surface area contributed by atoms with Gasteiger partial charge < -0.3 is 15.0 Å². The fourth-order valence-electron chi connectivity index (χ4n) is 2.84. The lowest BCUT2D eigenvalue weighted by Crippen LogP contribution is -2.30. The first-order valence-corrected chi connectivity index (χ1v) is 8.11. The van der Waals surface area contributed by atoms with Crippen molar-refractivity contribution in [3.05, 3.63) is 47.8 Å². The molecule has 0 spiro atoms. The monoisotopic (exact) mass is 326 g/mol. The lowest BCUT2D eigenvalue weighted by molar-refractivity contribution is -0.127. The van der Waals surface area contributed by atoms with Gasteiger partial charge in [-0.1, -0.05) is 12.1 Å². The van der Waals surface area contributed by atoms with Crippen LogP contribution in [0.4, 0.5) is 5.95 Å². The maximum absolute atomic E-state index is 12.2. The number of ether oxygens (including phenoxy) is 1. The summed E-state index contributed by atoms with van der Waals surface area (Å²) >= 11 is 0. The molecule has 3 rings (SSSR count). The average molecular weight is 326 g/mol. The van der Waals surface area contributed by atoms with E-state index in [0.717, 1.165) is 24.4 Å². The quantitative estimate of drug-likeness (QED) is 0.880. The molecule has 1 amide bonds. The fraction of sp³-hybridized carbons (Fsp3) is 0.389. The summed E-state index contributed by atoms with van der Waals surface area (Å²) in [5, 5.41) is 3.25. The number of likely N-dealkylation sites (tertiary alicyclic amines) is 1. The number of anilines is 1. The van der Waals surface area contributed by atoms with E-state index in [0.29, 0.717) is 18.9 Å². The molecule has 1 aromatic carbocycles. The van der Waals surface area contributed by atoms with E-state index in [1.54, 1.807) is 13.3 Å². The number of methoxy groups -OCH3 is 1. The predicted octanol–water partition coefficient (Wildman–Crippen LogP) is 2.05. The van der Waals surface area contributed by atoms with E-state index in [1.165, 1.54) is 5.56 Å². The summed E-state index contributed by atoms with van der Waals surface area (Å²) in [5.41, 5.74) is 2.11. The van der Waals surface area contributed by atoms with Crippen molar-refractivity contribution >= 4 is 11.9 Å². The highest BCUT2D eigenvalue weighted by Gasteiger charge is 2.29. The number of carbonyl (C=O) groups is 1. The molecule has 0 unspecified atom stereocenters. The number of nitrogens with zero attached hydrogens (tertiary/aromatic N) is 3. The van der Waals surface area contributed by atoms with Crippen LogP contribution in [0.1, 0.15) is 17.7 Å². The summed E-state index contributed by atoms with van der Waals surface area (Å²) in [7, 11) is 1.66. The minimum absolute atomic E-state index is 0.0650. The number of aromatic nitrogens is 2. The van der Waals surface area contributed by atoms with Crippen LogP contribution in [0.2, 0.25) is 0 Å². The van der Waals surface area contributed by atoms with Crippen molar-refractivity contribution in [2.75, 3.05) is 25.5 Å². The van der Waals surface area contributed by atoms with Crippen molar-refractivity contribution < 1.29 is 9.53 Å². The van der Waals surface area contributed by atoms with Crippen LogP contribution in [0.25, 0.3) is 0 Å². The lowest BCUT2D eigenvalue weighted by Gasteiger charge is -2.17. The number of carbonyl (C=O) groups excluding carboxylic acids is 1.